The average Bonchev–Trinajstić information content (AvgIpc) is 2.76. The zero-order valence-corrected chi connectivity index (χ0v) is 12.5. The molecule has 1 amide bonds. The smallest absolute Gasteiger partial charge is 0.284 e. The first-order valence-corrected chi connectivity index (χ1v) is 7.88. The fourth-order valence-corrected chi connectivity index (χ4v) is 3.71. The molecule has 104 valence electrons. The molecule has 5 heteroatoms. The Bertz CT molecular complexity index is 724. The molecule has 1 aliphatic rings. The van der Waals surface area contributed by atoms with Crippen LogP contribution < -0.4 is 5.11 Å². The second-order valence-corrected chi connectivity index (χ2v) is 6.38. The Kier molecular flexibility index (Phi) is 4.13. The number of nitrogens with zero attached hydrogens (tertiary/aromatic N) is 1. The molecule has 0 bridgehead atoms. The Hall–Kier alpha value is -1.98. The van der Waals surface area contributed by atoms with E-state index in [4.69, 9.17) is 0 Å². The Labute approximate surface area is 130 Å². The summed E-state index contributed by atoms with van der Waals surface area (Å²) in [6.07, 6.45) is 0. The maximum Gasteiger partial charge on any atom is 0.284 e. The van der Waals surface area contributed by atoms with E-state index in [-0.39, 0.29) is 0 Å². The highest BCUT2D eigenvalue weighted by Gasteiger charge is 2.23. The van der Waals surface area contributed by atoms with Crippen LogP contribution in [0.5, 0.6) is 0 Å². The van der Waals surface area contributed by atoms with Crippen molar-refractivity contribution in [2.24, 2.45) is 4.99 Å². The van der Waals surface area contributed by atoms with Gasteiger partial charge in [-0.2, -0.15) is 0 Å². The quantitative estimate of drug-likeness (QED) is 0.870. The molecule has 0 fully saturated rings. The maximum atomic E-state index is 11.9. The zero-order valence-electron chi connectivity index (χ0n) is 10.9. The van der Waals surface area contributed by atoms with Crippen LogP contribution in [0.25, 0.3) is 0 Å². The minimum absolute atomic E-state index is 0.403. The van der Waals surface area contributed by atoms with Gasteiger partial charge in [0.1, 0.15) is 0 Å². The number of carbonyl (C=O) groups excluding carboxylic acids is 1. The minimum atomic E-state index is -0.452. The maximum absolute atomic E-state index is 11.9. The molecule has 0 aromatic heterocycles. The van der Waals surface area contributed by atoms with Crippen LogP contribution in [0.1, 0.15) is 0 Å². The lowest BCUT2D eigenvalue weighted by Gasteiger charge is -2.11. The number of thioether (sulfide) groups is 2. The summed E-state index contributed by atoms with van der Waals surface area (Å²) < 4.78 is 0. The van der Waals surface area contributed by atoms with Gasteiger partial charge in [-0.05, 0) is 24.3 Å². The first kappa shape index (κ1) is 14.0. The van der Waals surface area contributed by atoms with Gasteiger partial charge in [0.25, 0.3) is 5.91 Å². The molecule has 0 spiro atoms. The monoisotopic (exact) mass is 312 g/mol. The summed E-state index contributed by atoms with van der Waals surface area (Å²) in [7, 11) is 0. The molecule has 1 aliphatic heterocycles. The summed E-state index contributed by atoms with van der Waals surface area (Å²) in [5.74, 6) is -0.903. The lowest BCUT2D eigenvalue weighted by molar-refractivity contribution is -0.212. The van der Waals surface area contributed by atoms with E-state index in [9.17, 15) is 9.90 Å². The highest BCUT2D eigenvalue weighted by atomic mass is 32.2. The lowest BCUT2D eigenvalue weighted by Crippen LogP contribution is -2.16. The van der Waals surface area contributed by atoms with Crippen molar-refractivity contribution >= 4 is 35.3 Å². The van der Waals surface area contributed by atoms with Crippen molar-refractivity contribution in [3.63, 3.8) is 0 Å². The number of carbonyl (C=O) groups is 1. The Morgan fingerprint density at radius 3 is 1.76 bits per heavy atom. The molecule has 3 rings (SSSR count). The molecule has 1 heterocycles. The van der Waals surface area contributed by atoms with E-state index in [1.807, 2.05) is 60.7 Å². The molecule has 0 unspecified atom stereocenters. The van der Waals surface area contributed by atoms with Gasteiger partial charge in [0.15, 0.2) is 0 Å². The van der Waals surface area contributed by atoms with Crippen molar-refractivity contribution in [3.05, 3.63) is 70.5 Å². The molecule has 2 aromatic rings. The highest BCUT2D eigenvalue weighted by molar-refractivity contribution is 8.08. The number of amides is 1. The molecule has 3 nitrogen and oxygen atoms in total. The van der Waals surface area contributed by atoms with Gasteiger partial charge >= 0.3 is 0 Å². The Balaban J connectivity index is 1.92. The van der Waals surface area contributed by atoms with E-state index >= 15 is 0 Å². The topological polar surface area (TPSA) is 52.5 Å². The van der Waals surface area contributed by atoms with Crippen LogP contribution >= 0.6 is 23.5 Å². The molecular weight excluding hydrogens is 302 g/mol. The van der Waals surface area contributed by atoms with E-state index in [0.29, 0.717) is 9.81 Å². The third-order valence-corrected chi connectivity index (χ3v) is 5.03. The van der Waals surface area contributed by atoms with Gasteiger partial charge in [0, 0.05) is 20.6 Å². The first-order valence-electron chi connectivity index (χ1n) is 6.24. The molecule has 0 radical (unpaired) electrons. The molecule has 0 N–H and O–H groups in total. The average molecular weight is 312 g/mol. The molecule has 21 heavy (non-hydrogen) atoms. The fourth-order valence-electron chi connectivity index (χ4n) is 1.78. The van der Waals surface area contributed by atoms with E-state index in [2.05, 4.69) is 4.99 Å². The second kappa shape index (κ2) is 6.20. The standard InChI is InChI=1S/C16H11NO2S2/c18-15-13(20-11-7-3-1-4-8-11)14(16(19)17-15)21-12-9-5-2-6-10-12/h1-10H,(H,17,18,19)/p-1. The van der Waals surface area contributed by atoms with E-state index < -0.39 is 11.8 Å². The van der Waals surface area contributed by atoms with Crippen LogP contribution in [0.4, 0.5) is 0 Å². The summed E-state index contributed by atoms with van der Waals surface area (Å²) in [4.78, 5) is 18.1. The molecule has 0 saturated heterocycles. The van der Waals surface area contributed by atoms with Crippen LogP contribution in [0.2, 0.25) is 0 Å². The van der Waals surface area contributed by atoms with Gasteiger partial charge in [0.2, 0.25) is 0 Å². The minimum Gasteiger partial charge on any atom is -0.858 e. The third-order valence-electron chi connectivity index (χ3n) is 2.72. The SMILES string of the molecule is O=C1N=C([O-])C(Sc2ccccc2)=C1Sc1ccccc1. The second-order valence-electron chi connectivity index (χ2n) is 4.21. The van der Waals surface area contributed by atoms with E-state index in [1.54, 1.807) is 0 Å². The van der Waals surface area contributed by atoms with Gasteiger partial charge in [0.05, 0.1) is 4.91 Å². The van der Waals surface area contributed by atoms with Crippen molar-refractivity contribution in [3.8, 4) is 0 Å². The summed E-state index contributed by atoms with van der Waals surface area (Å²) >= 11 is 2.57. The zero-order chi connectivity index (χ0) is 14.7. The first-order chi connectivity index (χ1) is 10.2. The Morgan fingerprint density at radius 2 is 1.24 bits per heavy atom. The number of rotatable bonds is 4. The summed E-state index contributed by atoms with van der Waals surface area (Å²) in [6.45, 7) is 0. The van der Waals surface area contributed by atoms with Gasteiger partial charge in [-0.1, -0.05) is 59.9 Å². The van der Waals surface area contributed by atoms with Crippen LogP contribution in [-0.2, 0) is 4.79 Å². The Morgan fingerprint density at radius 1 is 0.762 bits per heavy atom. The third kappa shape index (κ3) is 3.20. The number of aliphatic imine (C=N–C) groups is 1. The summed E-state index contributed by atoms with van der Waals surface area (Å²) in [6, 6.07) is 19.0. The fraction of sp³-hybridized carbons (Fsp3) is 0. The number of hydrogen-bond acceptors (Lipinski definition) is 4. The van der Waals surface area contributed by atoms with Crippen molar-refractivity contribution < 1.29 is 9.90 Å². The molecular formula is C16H10NO2S2-. The van der Waals surface area contributed by atoms with E-state index in [1.165, 1.54) is 23.5 Å². The van der Waals surface area contributed by atoms with Crippen molar-refractivity contribution in [2.75, 3.05) is 0 Å². The molecule has 0 aliphatic carbocycles. The number of hydrogen-bond donors (Lipinski definition) is 0. The lowest BCUT2D eigenvalue weighted by atomic mass is 10.4. The molecule has 0 saturated carbocycles. The normalized spacial score (nSPS) is 14.5. The predicted molar refractivity (Wildman–Crippen MR) is 84.1 cm³/mol. The largest absolute Gasteiger partial charge is 0.858 e. The summed E-state index contributed by atoms with van der Waals surface area (Å²) in [5, 5.41) is 11.9. The van der Waals surface area contributed by atoms with Gasteiger partial charge in [-0.25, -0.2) is 4.99 Å². The van der Waals surface area contributed by atoms with Gasteiger partial charge in [-0.3, -0.25) is 4.79 Å². The van der Waals surface area contributed by atoms with Crippen molar-refractivity contribution in [1.29, 1.82) is 0 Å². The summed E-state index contributed by atoms with van der Waals surface area (Å²) in [5.41, 5.74) is 0. The highest BCUT2D eigenvalue weighted by Crippen LogP contribution is 2.39. The van der Waals surface area contributed by atoms with Crippen LogP contribution in [0.15, 0.2) is 85.3 Å². The van der Waals surface area contributed by atoms with Crippen molar-refractivity contribution in [1.82, 2.24) is 0 Å². The number of benzene rings is 2. The van der Waals surface area contributed by atoms with Crippen molar-refractivity contribution in [2.45, 2.75) is 9.79 Å². The van der Waals surface area contributed by atoms with Gasteiger partial charge in [-0.15, -0.1) is 0 Å². The molecule has 0 atom stereocenters. The van der Waals surface area contributed by atoms with Crippen LogP contribution in [-0.4, -0.2) is 11.8 Å². The van der Waals surface area contributed by atoms with Crippen LogP contribution in [0.3, 0.4) is 0 Å². The molecule has 2 aromatic carbocycles. The van der Waals surface area contributed by atoms with E-state index in [0.717, 1.165) is 9.79 Å². The van der Waals surface area contributed by atoms with Crippen LogP contribution in [0, 0.1) is 0 Å². The van der Waals surface area contributed by atoms with Gasteiger partial charge < -0.3 is 5.11 Å². The predicted octanol–water partition coefficient (Wildman–Crippen LogP) is 3.08.